The molecule has 2 saturated heterocycles. The maximum Gasteiger partial charge on any atom is 0.326 e. The van der Waals surface area contributed by atoms with Gasteiger partial charge in [0.25, 0.3) is 11.8 Å². The SMILES string of the molecule is O=C1NC(=O)/C(=C/c2cnn3c(NC4CC4)cc(-c4ccc(C(=O)N5CCC5)s4)nc23)N1. The minimum Gasteiger partial charge on any atom is -0.367 e. The predicted molar refractivity (Wildman–Crippen MR) is 118 cm³/mol. The van der Waals surface area contributed by atoms with Gasteiger partial charge in [-0.2, -0.15) is 9.61 Å². The van der Waals surface area contributed by atoms with E-state index in [1.54, 1.807) is 16.8 Å². The van der Waals surface area contributed by atoms with Crippen LogP contribution < -0.4 is 16.0 Å². The molecule has 4 amide bonds. The molecule has 162 valence electrons. The molecule has 10 nitrogen and oxygen atoms in total. The summed E-state index contributed by atoms with van der Waals surface area (Å²) >= 11 is 1.42. The third-order valence-corrected chi connectivity index (χ3v) is 6.76. The highest BCUT2D eigenvalue weighted by molar-refractivity contribution is 7.17. The number of anilines is 1. The van der Waals surface area contributed by atoms with Crippen molar-refractivity contribution in [2.75, 3.05) is 18.4 Å². The van der Waals surface area contributed by atoms with E-state index < -0.39 is 11.9 Å². The standard InChI is InChI=1S/C21H19N7O3S/c29-19-14(25-21(31)26-19)8-11-10-22-28-17(23-12-2-3-12)9-13(24-18(11)28)15-4-5-16(32-15)20(30)27-6-1-7-27/h4-5,8-10,12,23H,1-3,6-7H2,(H2,25,26,29,31)/b14-8-. The zero-order valence-corrected chi connectivity index (χ0v) is 17.7. The van der Waals surface area contributed by atoms with Crippen LogP contribution in [-0.2, 0) is 4.79 Å². The fourth-order valence-electron chi connectivity index (χ4n) is 3.65. The number of aromatic nitrogens is 3. The molecule has 6 rings (SSSR count). The van der Waals surface area contributed by atoms with E-state index in [1.165, 1.54) is 11.3 Å². The predicted octanol–water partition coefficient (Wildman–Crippen LogP) is 2.06. The van der Waals surface area contributed by atoms with Gasteiger partial charge in [0.2, 0.25) is 0 Å². The number of fused-ring (bicyclic) bond motifs is 1. The monoisotopic (exact) mass is 449 g/mol. The van der Waals surface area contributed by atoms with E-state index in [0.717, 1.165) is 43.0 Å². The summed E-state index contributed by atoms with van der Waals surface area (Å²) in [6.45, 7) is 1.62. The van der Waals surface area contributed by atoms with Crippen molar-refractivity contribution in [2.24, 2.45) is 0 Å². The van der Waals surface area contributed by atoms with Gasteiger partial charge in [-0.05, 0) is 37.5 Å². The van der Waals surface area contributed by atoms with Crippen LogP contribution in [0.3, 0.4) is 0 Å². The van der Waals surface area contributed by atoms with Gasteiger partial charge in [-0.1, -0.05) is 0 Å². The number of thiophene rings is 1. The number of likely N-dealkylation sites (tertiary alicyclic amines) is 1. The summed E-state index contributed by atoms with van der Waals surface area (Å²) in [6.07, 6.45) is 6.42. The molecule has 32 heavy (non-hydrogen) atoms. The fourth-order valence-corrected chi connectivity index (χ4v) is 4.59. The summed E-state index contributed by atoms with van der Waals surface area (Å²) < 4.78 is 1.70. The highest BCUT2D eigenvalue weighted by Gasteiger charge is 2.26. The molecule has 5 heterocycles. The molecule has 0 unspecified atom stereocenters. The molecular weight excluding hydrogens is 430 g/mol. The highest BCUT2D eigenvalue weighted by atomic mass is 32.1. The second kappa shape index (κ2) is 7.16. The quantitative estimate of drug-likeness (QED) is 0.405. The molecule has 2 aliphatic heterocycles. The minimum atomic E-state index is -0.555. The zero-order valence-electron chi connectivity index (χ0n) is 16.9. The van der Waals surface area contributed by atoms with Crippen molar-refractivity contribution in [2.45, 2.75) is 25.3 Å². The van der Waals surface area contributed by atoms with Crippen molar-refractivity contribution in [3.63, 3.8) is 0 Å². The van der Waals surface area contributed by atoms with E-state index in [0.29, 0.717) is 27.8 Å². The molecule has 0 aromatic carbocycles. The normalized spacial score (nSPS) is 19.2. The smallest absolute Gasteiger partial charge is 0.326 e. The number of rotatable bonds is 5. The Hall–Kier alpha value is -3.73. The van der Waals surface area contributed by atoms with Crippen molar-refractivity contribution >= 4 is 46.7 Å². The van der Waals surface area contributed by atoms with E-state index in [-0.39, 0.29) is 11.6 Å². The summed E-state index contributed by atoms with van der Waals surface area (Å²) in [7, 11) is 0. The molecule has 3 N–H and O–H groups in total. The number of hydrogen-bond donors (Lipinski definition) is 3. The maximum atomic E-state index is 12.6. The average molecular weight is 449 g/mol. The Morgan fingerprint density at radius 3 is 2.75 bits per heavy atom. The number of urea groups is 1. The Balaban J connectivity index is 1.42. The first-order valence-corrected chi connectivity index (χ1v) is 11.3. The first-order valence-electron chi connectivity index (χ1n) is 10.4. The topological polar surface area (TPSA) is 121 Å². The minimum absolute atomic E-state index is 0.0580. The number of carbonyl (C=O) groups excluding carboxylic acids is 3. The molecule has 0 bridgehead atoms. The van der Waals surface area contributed by atoms with E-state index in [2.05, 4.69) is 21.0 Å². The van der Waals surface area contributed by atoms with Gasteiger partial charge in [0.05, 0.1) is 21.6 Å². The Bertz CT molecular complexity index is 1320. The molecule has 0 spiro atoms. The van der Waals surface area contributed by atoms with Gasteiger partial charge in [0.15, 0.2) is 5.65 Å². The van der Waals surface area contributed by atoms with Gasteiger partial charge < -0.3 is 15.5 Å². The Morgan fingerprint density at radius 1 is 1.22 bits per heavy atom. The van der Waals surface area contributed by atoms with Crippen LogP contribution in [0.25, 0.3) is 22.3 Å². The number of carbonyl (C=O) groups is 3. The number of imide groups is 1. The number of amides is 4. The first-order chi connectivity index (χ1) is 15.5. The van der Waals surface area contributed by atoms with Gasteiger partial charge in [0, 0.05) is 30.8 Å². The molecule has 0 atom stereocenters. The van der Waals surface area contributed by atoms with Crippen LogP contribution in [0.4, 0.5) is 10.6 Å². The summed E-state index contributed by atoms with van der Waals surface area (Å²) in [5.74, 6) is 0.359. The highest BCUT2D eigenvalue weighted by Crippen LogP contribution is 2.33. The fraction of sp³-hybridized carbons (Fsp3) is 0.286. The number of nitrogens with one attached hydrogen (secondary N) is 3. The van der Waals surface area contributed by atoms with Crippen LogP contribution in [0.5, 0.6) is 0 Å². The summed E-state index contributed by atoms with van der Waals surface area (Å²) in [5.41, 5.74) is 2.02. The van der Waals surface area contributed by atoms with Crippen LogP contribution >= 0.6 is 11.3 Å². The van der Waals surface area contributed by atoms with Crippen LogP contribution in [0.15, 0.2) is 30.1 Å². The first kappa shape index (κ1) is 19.0. The summed E-state index contributed by atoms with van der Waals surface area (Å²) in [5, 5.41) is 12.6. The summed E-state index contributed by atoms with van der Waals surface area (Å²) in [6, 6.07) is 5.53. The average Bonchev–Trinajstić information content (AvgIpc) is 3.11. The Kier molecular flexibility index (Phi) is 4.25. The second-order valence-electron chi connectivity index (χ2n) is 8.06. The third-order valence-electron chi connectivity index (χ3n) is 5.66. The molecule has 3 aromatic heterocycles. The van der Waals surface area contributed by atoms with Gasteiger partial charge in [0.1, 0.15) is 11.5 Å². The lowest BCUT2D eigenvalue weighted by atomic mass is 10.2. The molecular formula is C21H19N7O3S. The van der Waals surface area contributed by atoms with Crippen molar-refractivity contribution in [1.82, 2.24) is 30.1 Å². The second-order valence-corrected chi connectivity index (χ2v) is 9.14. The van der Waals surface area contributed by atoms with Crippen molar-refractivity contribution < 1.29 is 14.4 Å². The summed E-state index contributed by atoms with van der Waals surface area (Å²) in [4.78, 5) is 44.2. The van der Waals surface area contributed by atoms with E-state index in [1.807, 2.05) is 23.1 Å². The lowest BCUT2D eigenvalue weighted by Crippen LogP contribution is -2.41. The van der Waals surface area contributed by atoms with E-state index in [4.69, 9.17) is 4.98 Å². The van der Waals surface area contributed by atoms with Gasteiger partial charge in [-0.3, -0.25) is 14.9 Å². The Labute approximate surface area is 186 Å². The number of nitrogens with zero attached hydrogens (tertiary/aromatic N) is 4. The van der Waals surface area contributed by atoms with Crippen LogP contribution in [0.1, 0.15) is 34.5 Å². The van der Waals surface area contributed by atoms with Gasteiger partial charge in [-0.15, -0.1) is 11.3 Å². The van der Waals surface area contributed by atoms with Gasteiger partial charge in [-0.25, -0.2) is 9.78 Å². The molecule has 3 aromatic rings. The molecule has 3 aliphatic rings. The van der Waals surface area contributed by atoms with E-state index in [9.17, 15) is 14.4 Å². The molecule has 1 aliphatic carbocycles. The third kappa shape index (κ3) is 3.30. The Morgan fingerprint density at radius 2 is 2.06 bits per heavy atom. The molecule has 0 radical (unpaired) electrons. The molecule has 11 heteroatoms. The molecule has 3 fully saturated rings. The van der Waals surface area contributed by atoms with Crippen LogP contribution in [0, 0.1) is 0 Å². The van der Waals surface area contributed by atoms with Gasteiger partial charge >= 0.3 is 6.03 Å². The zero-order chi connectivity index (χ0) is 21.8. The molecule has 1 saturated carbocycles. The van der Waals surface area contributed by atoms with Crippen molar-refractivity contribution in [1.29, 1.82) is 0 Å². The maximum absolute atomic E-state index is 12.6. The van der Waals surface area contributed by atoms with E-state index >= 15 is 0 Å². The lowest BCUT2D eigenvalue weighted by Gasteiger charge is -2.30. The largest absolute Gasteiger partial charge is 0.367 e. The van der Waals surface area contributed by atoms with Crippen molar-refractivity contribution in [3.8, 4) is 10.6 Å². The lowest BCUT2D eigenvalue weighted by molar-refractivity contribution is -0.115. The van der Waals surface area contributed by atoms with Crippen LogP contribution in [-0.4, -0.2) is 56.5 Å². The van der Waals surface area contributed by atoms with Crippen molar-refractivity contribution in [3.05, 3.63) is 40.5 Å². The number of hydrogen-bond acceptors (Lipinski definition) is 7. The van der Waals surface area contributed by atoms with Crippen LogP contribution in [0.2, 0.25) is 0 Å².